The molecule has 23 heavy (non-hydrogen) atoms. The molecular weight excluding hydrogens is 313 g/mol. The SMILES string of the molecule is CCOC(=O)NC1=NN=C(C)CN1c1cccc(C(F)(F)F)c1. The van der Waals surface area contributed by atoms with Gasteiger partial charge in [-0.15, -0.1) is 5.10 Å². The number of rotatable bonds is 2. The summed E-state index contributed by atoms with van der Waals surface area (Å²) in [5.41, 5.74) is 0.0482. The number of carbonyl (C=O) groups excluding carboxylic acids is 1. The van der Waals surface area contributed by atoms with Crippen molar-refractivity contribution in [2.75, 3.05) is 18.1 Å². The lowest BCUT2D eigenvalue weighted by molar-refractivity contribution is -0.137. The largest absolute Gasteiger partial charge is 0.450 e. The summed E-state index contributed by atoms with van der Waals surface area (Å²) in [6.07, 6.45) is -5.21. The van der Waals surface area contributed by atoms with Gasteiger partial charge in [0.2, 0.25) is 5.96 Å². The Hall–Kier alpha value is -2.58. The molecule has 1 aliphatic heterocycles. The molecule has 0 saturated carbocycles. The van der Waals surface area contributed by atoms with Crippen molar-refractivity contribution in [3.63, 3.8) is 0 Å². The first-order valence-corrected chi connectivity index (χ1v) is 6.81. The molecule has 0 saturated heterocycles. The maximum atomic E-state index is 12.9. The van der Waals surface area contributed by atoms with Crippen LogP contribution in [-0.4, -0.2) is 30.9 Å². The first-order valence-electron chi connectivity index (χ1n) is 6.81. The fourth-order valence-corrected chi connectivity index (χ4v) is 1.94. The van der Waals surface area contributed by atoms with Crippen LogP contribution >= 0.6 is 0 Å². The van der Waals surface area contributed by atoms with E-state index in [1.165, 1.54) is 17.0 Å². The Kier molecular flexibility index (Phi) is 4.87. The Bertz CT molecular complexity index is 656. The van der Waals surface area contributed by atoms with Gasteiger partial charge in [0.1, 0.15) is 0 Å². The molecule has 0 aromatic heterocycles. The van der Waals surface area contributed by atoms with Crippen LogP contribution in [0.25, 0.3) is 0 Å². The highest BCUT2D eigenvalue weighted by Gasteiger charge is 2.31. The number of hydrogen-bond acceptors (Lipinski definition) is 5. The smallest absolute Gasteiger partial charge is 0.416 e. The Morgan fingerprint density at radius 3 is 2.78 bits per heavy atom. The summed E-state index contributed by atoms with van der Waals surface area (Å²) in [7, 11) is 0. The zero-order valence-corrected chi connectivity index (χ0v) is 12.5. The molecule has 0 radical (unpaired) electrons. The highest BCUT2D eigenvalue weighted by Crippen LogP contribution is 2.31. The molecule has 0 aliphatic carbocycles. The van der Waals surface area contributed by atoms with E-state index in [2.05, 4.69) is 15.5 Å². The number of carbonyl (C=O) groups is 1. The van der Waals surface area contributed by atoms with E-state index in [4.69, 9.17) is 4.74 Å². The van der Waals surface area contributed by atoms with Gasteiger partial charge in [0.05, 0.1) is 24.4 Å². The van der Waals surface area contributed by atoms with Gasteiger partial charge in [0.25, 0.3) is 0 Å². The van der Waals surface area contributed by atoms with E-state index in [1.54, 1.807) is 13.8 Å². The Balaban J connectivity index is 2.31. The molecule has 1 N–H and O–H groups in total. The average molecular weight is 328 g/mol. The van der Waals surface area contributed by atoms with E-state index in [9.17, 15) is 18.0 Å². The van der Waals surface area contributed by atoms with Crippen LogP contribution in [0.15, 0.2) is 34.5 Å². The number of amides is 1. The first-order chi connectivity index (χ1) is 10.8. The zero-order chi connectivity index (χ0) is 17.0. The number of nitrogens with zero attached hydrogens (tertiary/aromatic N) is 3. The molecule has 0 unspecified atom stereocenters. The van der Waals surface area contributed by atoms with Gasteiger partial charge in [0, 0.05) is 5.69 Å². The van der Waals surface area contributed by atoms with Crippen molar-refractivity contribution >= 4 is 23.5 Å². The number of hydrogen-bond donors (Lipinski definition) is 1. The maximum Gasteiger partial charge on any atom is 0.416 e. The molecule has 1 heterocycles. The highest BCUT2D eigenvalue weighted by molar-refractivity contribution is 6.09. The van der Waals surface area contributed by atoms with Gasteiger partial charge in [-0.25, -0.2) is 4.79 Å². The third-order valence-electron chi connectivity index (χ3n) is 2.93. The monoisotopic (exact) mass is 328 g/mol. The number of guanidine groups is 1. The number of benzene rings is 1. The van der Waals surface area contributed by atoms with Crippen molar-refractivity contribution in [1.82, 2.24) is 5.32 Å². The molecule has 2 rings (SSSR count). The molecule has 1 amide bonds. The van der Waals surface area contributed by atoms with Crippen LogP contribution in [-0.2, 0) is 10.9 Å². The summed E-state index contributed by atoms with van der Waals surface area (Å²) in [6, 6.07) is 4.75. The standard InChI is InChI=1S/C14H15F3N4O2/c1-3-23-13(22)18-12-20-19-9(2)8-21(12)11-6-4-5-10(7-11)14(15,16)17/h4-7H,3,8H2,1-2H3,(H,18,20,22). The number of alkyl carbamates (subject to hydrolysis) is 1. The van der Waals surface area contributed by atoms with Gasteiger partial charge < -0.3 is 9.64 Å². The van der Waals surface area contributed by atoms with E-state index in [1.807, 2.05) is 0 Å². The van der Waals surface area contributed by atoms with Crippen LogP contribution in [0.4, 0.5) is 23.7 Å². The topological polar surface area (TPSA) is 66.3 Å². The van der Waals surface area contributed by atoms with Crippen molar-refractivity contribution in [3.05, 3.63) is 29.8 Å². The minimum absolute atomic E-state index is 0.00775. The van der Waals surface area contributed by atoms with Gasteiger partial charge in [-0.3, -0.25) is 5.32 Å². The minimum atomic E-state index is -4.46. The van der Waals surface area contributed by atoms with E-state index >= 15 is 0 Å². The molecule has 0 atom stereocenters. The third-order valence-corrected chi connectivity index (χ3v) is 2.93. The van der Waals surface area contributed by atoms with Crippen molar-refractivity contribution < 1.29 is 22.7 Å². The molecule has 9 heteroatoms. The Labute approximate surface area is 130 Å². The normalized spacial score (nSPS) is 14.9. The molecule has 6 nitrogen and oxygen atoms in total. The number of alkyl halides is 3. The van der Waals surface area contributed by atoms with Crippen LogP contribution in [0, 0.1) is 0 Å². The first kappa shape index (κ1) is 16.8. The Morgan fingerprint density at radius 2 is 2.13 bits per heavy atom. The van der Waals surface area contributed by atoms with Crippen LogP contribution in [0.1, 0.15) is 19.4 Å². The van der Waals surface area contributed by atoms with Crippen LogP contribution in [0.3, 0.4) is 0 Å². The lowest BCUT2D eigenvalue weighted by atomic mass is 10.1. The molecular formula is C14H15F3N4O2. The second kappa shape index (κ2) is 6.67. The van der Waals surface area contributed by atoms with Gasteiger partial charge in [0.15, 0.2) is 0 Å². The number of halogens is 3. The fourth-order valence-electron chi connectivity index (χ4n) is 1.94. The quantitative estimate of drug-likeness (QED) is 0.907. The van der Waals surface area contributed by atoms with Crippen molar-refractivity contribution in [2.24, 2.45) is 10.2 Å². The highest BCUT2D eigenvalue weighted by atomic mass is 19.4. The van der Waals surface area contributed by atoms with Crippen LogP contribution in [0.2, 0.25) is 0 Å². The van der Waals surface area contributed by atoms with Crippen LogP contribution < -0.4 is 10.2 Å². The predicted octanol–water partition coefficient (Wildman–Crippen LogP) is 3.00. The van der Waals surface area contributed by atoms with Gasteiger partial charge in [-0.1, -0.05) is 6.07 Å². The molecule has 1 aromatic rings. The fraction of sp³-hybridized carbons (Fsp3) is 0.357. The summed E-state index contributed by atoms with van der Waals surface area (Å²) >= 11 is 0. The average Bonchev–Trinajstić information content (AvgIpc) is 2.48. The molecule has 1 aliphatic rings. The summed E-state index contributed by atoms with van der Waals surface area (Å²) < 4.78 is 43.3. The summed E-state index contributed by atoms with van der Waals surface area (Å²) in [6.45, 7) is 3.68. The van der Waals surface area contributed by atoms with E-state index in [-0.39, 0.29) is 24.8 Å². The van der Waals surface area contributed by atoms with E-state index < -0.39 is 17.8 Å². The van der Waals surface area contributed by atoms with Gasteiger partial charge >= 0.3 is 12.3 Å². The molecule has 124 valence electrons. The van der Waals surface area contributed by atoms with Crippen molar-refractivity contribution in [2.45, 2.75) is 20.0 Å². The minimum Gasteiger partial charge on any atom is -0.450 e. The second-order valence-electron chi connectivity index (χ2n) is 4.74. The predicted molar refractivity (Wildman–Crippen MR) is 79.5 cm³/mol. The lowest BCUT2D eigenvalue weighted by Gasteiger charge is -2.28. The van der Waals surface area contributed by atoms with E-state index in [0.717, 1.165) is 12.1 Å². The third kappa shape index (κ3) is 4.21. The second-order valence-corrected chi connectivity index (χ2v) is 4.74. The summed E-state index contributed by atoms with van der Waals surface area (Å²) in [5, 5.41) is 10.0. The van der Waals surface area contributed by atoms with Crippen molar-refractivity contribution in [3.8, 4) is 0 Å². The molecule has 0 bridgehead atoms. The van der Waals surface area contributed by atoms with Gasteiger partial charge in [-0.2, -0.15) is 18.3 Å². The number of anilines is 1. The molecule has 1 aromatic carbocycles. The molecule has 0 spiro atoms. The molecule has 0 fully saturated rings. The Morgan fingerprint density at radius 1 is 1.39 bits per heavy atom. The maximum absolute atomic E-state index is 12.9. The number of nitrogens with one attached hydrogen (secondary N) is 1. The van der Waals surface area contributed by atoms with Gasteiger partial charge in [-0.05, 0) is 32.0 Å². The summed E-state index contributed by atoms with van der Waals surface area (Å²) in [5.74, 6) is 0.00775. The summed E-state index contributed by atoms with van der Waals surface area (Å²) in [4.78, 5) is 13.0. The lowest BCUT2D eigenvalue weighted by Crippen LogP contribution is -2.48. The van der Waals surface area contributed by atoms with Crippen molar-refractivity contribution in [1.29, 1.82) is 0 Å². The zero-order valence-electron chi connectivity index (χ0n) is 12.5. The van der Waals surface area contributed by atoms with Crippen LogP contribution in [0.5, 0.6) is 0 Å². The van der Waals surface area contributed by atoms with E-state index in [0.29, 0.717) is 5.71 Å². The number of ether oxygens (including phenoxy) is 1.